The fourth-order valence-electron chi connectivity index (χ4n) is 2.67. The first-order chi connectivity index (χ1) is 9.74. The molecule has 0 saturated carbocycles. The minimum absolute atomic E-state index is 1.11. The molecule has 0 aliphatic heterocycles. The topological polar surface area (TPSA) is 12.0 Å². The highest BCUT2D eigenvalue weighted by atomic mass is 14.9. The molecule has 0 unspecified atom stereocenters. The van der Waals surface area contributed by atoms with Gasteiger partial charge in [-0.05, 0) is 31.9 Å². The smallest absolute Gasteiger partial charge is 0.0370 e. The van der Waals surface area contributed by atoms with E-state index >= 15 is 0 Å². The Labute approximate surface area is 126 Å². The van der Waals surface area contributed by atoms with E-state index in [4.69, 9.17) is 0 Å². The zero-order chi connectivity index (χ0) is 14.6. The second-order valence-electron chi connectivity index (χ2n) is 6.07. The van der Waals surface area contributed by atoms with Crippen molar-refractivity contribution in [3.05, 3.63) is 29.3 Å². The molecule has 1 nitrogen and oxygen atoms in total. The third-order valence-electron chi connectivity index (χ3n) is 3.98. The third kappa shape index (κ3) is 7.57. The maximum atomic E-state index is 3.56. The highest BCUT2D eigenvalue weighted by Gasteiger charge is 1.97. The van der Waals surface area contributed by atoms with E-state index in [1.54, 1.807) is 0 Å². The number of rotatable bonds is 11. The molecule has 0 atom stereocenters. The highest BCUT2D eigenvalue weighted by Crippen LogP contribution is 2.16. The minimum Gasteiger partial charge on any atom is -0.385 e. The number of hydrogen-bond donors (Lipinski definition) is 1. The van der Waals surface area contributed by atoms with E-state index in [1.165, 1.54) is 74.6 Å². The van der Waals surface area contributed by atoms with Crippen LogP contribution in [0.5, 0.6) is 0 Å². The first-order valence-electron chi connectivity index (χ1n) is 8.55. The average Bonchev–Trinajstić information content (AvgIpc) is 2.43. The molecule has 0 radical (unpaired) electrons. The van der Waals surface area contributed by atoms with Crippen LogP contribution in [0.3, 0.4) is 0 Å². The van der Waals surface area contributed by atoms with Gasteiger partial charge in [0.2, 0.25) is 0 Å². The van der Waals surface area contributed by atoms with E-state index in [0.717, 1.165) is 6.54 Å². The Kier molecular flexibility index (Phi) is 9.19. The van der Waals surface area contributed by atoms with Gasteiger partial charge in [0.15, 0.2) is 0 Å². The molecule has 0 aliphatic carbocycles. The molecule has 1 aromatic rings. The van der Waals surface area contributed by atoms with Crippen molar-refractivity contribution in [3.8, 4) is 0 Å². The van der Waals surface area contributed by atoms with Crippen LogP contribution in [0.2, 0.25) is 0 Å². The molecule has 0 bridgehead atoms. The summed E-state index contributed by atoms with van der Waals surface area (Å²) in [6.07, 6.45) is 12.6. The van der Waals surface area contributed by atoms with Gasteiger partial charge in [-0.2, -0.15) is 0 Å². The first-order valence-corrected chi connectivity index (χ1v) is 8.55. The zero-order valence-electron chi connectivity index (χ0n) is 13.8. The molecule has 20 heavy (non-hydrogen) atoms. The molecule has 114 valence electrons. The Balaban J connectivity index is 1.97. The molecule has 0 spiro atoms. The lowest BCUT2D eigenvalue weighted by atomic mass is 10.1. The molecule has 0 saturated heterocycles. The van der Waals surface area contributed by atoms with Crippen LogP contribution in [-0.2, 0) is 0 Å². The number of benzene rings is 1. The molecule has 0 amide bonds. The van der Waals surface area contributed by atoms with Gasteiger partial charge in [0, 0.05) is 12.2 Å². The summed E-state index contributed by atoms with van der Waals surface area (Å²) < 4.78 is 0. The molecule has 0 aromatic heterocycles. The van der Waals surface area contributed by atoms with Crippen LogP contribution in [-0.4, -0.2) is 6.54 Å². The number of aryl methyl sites for hydroxylation is 2. The summed E-state index contributed by atoms with van der Waals surface area (Å²) in [6, 6.07) is 6.64. The molecular formula is C19H33N. The van der Waals surface area contributed by atoms with Gasteiger partial charge in [0.1, 0.15) is 0 Å². The predicted molar refractivity (Wildman–Crippen MR) is 91.6 cm³/mol. The monoisotopic (exact) mass is 275 g/mol. The van der Waals surface area contributed by atoms with Gasteiger partial charge >= 0.3 is 0 Å². The summed E-state index contributed by atoms with van der Waals surface area (Å²) in [4.78, 5) is 0. The van der Waals surface area contributed by atoms with Crippen molar-refractivity contribution in [2.75, 3.05) is 11.9 Å². The molecule has 1 aromatic carbocycles. The third-order valence-corrected chi connectivity index (χ3v) is 3.98. The second-order valence-corrected chi connectivity index (χ2v) is 6.07. The summed E-state index contributed by atoms with van der Waals surface area (Å²) in [6.45, 7) is 7.73. The summed E-state index contributed by atoms with van der Waals surface area (Å²) in [7, 11) is 0. The summed E-state index contributed by atoms with van der Waals surface area (Å²) in [5.74, 6) is 0. The van der Waals surface area contributed by atoms with Gasteiger partial charge in [0.05, 0.1) is 0 Å². The Hall–Kier alpha value is -0.980. The normalized spacial score (nSPS) is 10.8. The SMILES string of the molecule is CCCCCCCCCCCNc1ccc(C)cc1C. The van der Waals surface area contributed by atoms with Crippen molar-refractivity contribution < 1.29 is 0 Å². The van der Waals surface area contributed by atoms with Crippen LogP contribution in [0.15, 0.2) is 18.2 Å². The van der Waals surface area contributed by atoms with Crippen LogP contribution in [0, 0.1) is 13.8 Å². The Morgan fingerprint density at radius 2 is 1.40 bits per heavy atom. The zero-order valence-corrected chi connectivity index (χ0v) is 13.8. The van der Waals surface area contributed by atoms with E-state index in [0.29, 0.717) is 0 Å². The summed E-state index contributed by atoms with van der Waals surface area (Å²) in [5, 5.41) is 3.56. The molecule has 1 rings (SSSR count). The highest BCUT2D eigenvalue weighted by molar-refractivity contribution is 5.51. The van der Waals surface area contributed by atoms with Crippen molar-refractivity contribution in [1.29, 1.82) is 0 Å². The lowest BCUT2D eigenvalue weighted by Crippen LogP contribution is -2.03. The summed E-state index contributed by atoms with van der Waals surface area (Å²) >= 11 is 0. The number of nitrogens with one attached hydrogen (secondary N) is 1. The Morgan fingerprint density at radius 1 is 0.800 bits per heavy atom. The standard InChI is InChI=1S/C19H33N/c1-4-5-6-7-8-9-10-11-12-15-20-19-14-13-17(2)16-18(19)3/h13-14,16,20H,4-12,15H2,1-3H3. The molecular weight excluding hydrogens is 242 g/mol. The van der Waals surface area contributed by atoms with Crippen LogP contribution >= 0.6 is 0 Å². The lowest BCUT2D eigenvalue weighted by Gasteiger charge is -2.10. The minimum atomic E-state index is 1.11. The van der Waals surface area contributed by atoms with E-state index in [9.17, 15) is 0 Å². The fraction of sp³-hybridized carbons (Fsp3) is 0.684. The average molecular weight is 275 g/mol. The predicted octanol–water partition coefficient (Wildman–Crippen LogP) is 6.25. The van der Waals surface area contributed by atoms with Crippen LogP contribution in [0.4, 0.5) is 5.69 Å². The van der Waals surface area contributed by atoms with E-state index in [2.05, 4.69) is 44.3 Å². The van der Waals surface area contributed by atoms with Gasteiger partial charge in [-0.15, -0.1) is 0 Å². The van der Waals surface area contributed by atoms with Crippen LogP contribution < -0.4 is 5.32 Å². The largest absolute Gasteiger partial charge is 0.385 e. The lowest BCUT2D eigenvalue weighted by molar-refractivity contribution is 0.569. The maximum absolute atomic E-state index is 3.56. The fourth-order valence-corrected chi connectivity index (χ4v) is 2.67. The Morgan fingerprint density at radius 3 is 2.00 bits per heavy atom. The number of unbranched alkanes of at least 4 members (excludes halogenated alkanes) is 8. The van der Waals surface area contributed by atoms with Gasteiger partial charge in [-0.25, -0.2) is 0 Å². The Bertz CT molecular complexity index is 357. The van der Waals surface area contributed by atoms with E-state index in [-0.39, 0.29) is 0 Å². The second kappa shape index (κ2) is 10.8. The van der Waals surface area contributed by atoms with Crippen molar-refractivity contribution in [2.24, 2.45) is 0 Å². The molecule has 1 N–H and O–H groups in total. The van der Waals surface area contributed by atoms with Crippen molar-refractivity contribution >= 4 is 5.69 Å². The molecule has 1 heteroatoms. The number of anilines is 1. The molecule has 0 aliphatic rings. The van der Waals surface area contributed by atoms with E-state index < -0.39 is 0 Å². The molecule has 0 fully saturated rings. The molecule has 0 heterocycles. The van der Waals surface area contributed by atoms with Gasteiger partial charge in [-0.3, -0.25) is 0 Å². The van der Waals surface area contributed by atoms with Crippen molar-refractivity contribution in [3.63, 3.8) is 0 Å². The van der Waals surface area contributed by atoms with Crippen molar-refractivity contribution in [1.82, 2.24) is 0 Å². The van der Waals surface area contributed by atoms with E-state index in [1.807, 2.05) is 0 Å². The first kappa shape index (κ1) is 17.1. The quantitative estimate of drug-likeness (QED) is 0.471. The summed E-state index contributed by atoms with van der Waals surface area (Å²) in [5.41, 5.74) is 4.01. The van der Waals surface area contributed by atoms with Crippen LogP contribution in [0.1, 0.15) is 75.8 Å². The van der Waals surface area contributed by atoms with Crippen molar-refractivity contribution in [2.45, 2.75) is 78.6 Å². The maximum Gasteiger partial charge on any atom is 0.0370 e. The number of hydrogen-bond acceptors (Lipinski definition) is 1. The van der Waals surface area contributed by atoms with Gasteiger partial charge < -0.3 is 5.32 Å². The van der Waals surface area contributed by atoms with Gasteiger partial charge in [-0.1, -0.05) is 76.0 Å². The van der Waals surface area contributed by atoms with Crippen LogP contribution in [0.25, 0.3) is 0 Å². The van der Waals surface area contributed by atoms with Gasteiger partial charge in [0.25, 0.3) is 0 Å².